The van der Waals surface area contributed by atoms with Crippen LogP contribution in [-0.4, -0.2) is 29.6 Å². The zero-order valence-corrected chi connectivity index (χ0v) is 15.1. The molecule has 0 saturated heterocycles. The number of rotatable bonds is 4. The molecule has 1 aliphatic rings. The van der Waals surface area contributed by atoms with Gasteiger partial charge < -0.3 is 0 Å². The summed E-state index contributed by atoms with van der Waals surface area (Å²) in [6.45, 7) is 0.409. The molecule has 0 atom stereocenters. The lowest BCUT2D eigenvalue weighted by atomic mass is 10.0. The van der Waals surface area contributed by atoms with Crippen LogP contribution in [-0.2, 0) is 26.5 Å². The number of hydrogen-bond donors (Lipinski definition) is 1. The molecule has 0 fully saturated rings. The number of fused-ring (bicyclic) bond motifs is 1. The van der Waals surface area contributed by atoms with E-state index >= 15 is 0 Å². The SMILES string of the molecule is CS(=O)(=O)N1CCCc2cc(NS(=O)(=O)c3ccc(F)cc3)ccc21. The molecule has 2 aromatic rings. The van der Waals surface area contributed by atoms with Gasteiger partial charge >= 0.3 is 0 Å². The van der Waals surface area contributed by atoms with E-state index < -0.39 is 25.9 Å². The van der Waals surface area contributed by atoms with Gasteiger partial charge in [0.1, 0.15) is 5.82 Å². The van der Waals surface area contributed by atoms with Crippen molar-refractivity contribution in [1.82, 2.24) is 0 Å². The maximum Gasteiger partial charge on any atom is 0.261 e. The topological polar surface area (TPSA) is 83.6 Å². The Morgan fingerprint density at radius 1 is 1.04 bits per heavy atom. The molecule has 3 rings (SSSR count). The highest BCUT2D eigenvalue weighted by molar-refractivity contribution is 7.92. The second kappa shape index (κ2) is 6.30. The van der Waals surface area contributed by atoms with E-state index in [-0.39, 0.29) is 4.90 Å². The Hall–Kier alpha value is -2.13. The van der Waals surface area contributed by atoms with Crippen LogP contribution in [0.2, 0.25) is 0 Å². The van der Waals surface area contributed by atoms with Crippen molar-refractivity contribution in [3.05, 3.63) is 53.8 Å². The molecule has 0 unspecified atom stereocenters. The lowest BCUT2D eigenvalue weighted by Gasteiger charge is -2.29. The van der Waals surface area contributed by atoms with Crippen LogP contribution in [0, 0.1) is 5.82 Å². The third-order valence-electron chi connectivity index (χ3n) is 3.93. The molecule has 9 heteroatoms. The van der Waals surface area contributed by atoms with Gasteiger partial charge in [-0.3, -0.25) is 9.03 Å². The van der Waals surface area contributed by atoms with Crippen molar-refractivity contribution in [2.24, 2.45) is 0 Å². The predicted molar refractivity (Wildman–Crippen MR) is 94.2 cm³/mol. The minimum absolute atomic E-state index is 0.0515. The molecule has 0 amide bonds. The summed E-state index contributed by atoms with van der Waals surface area (Å²) >= 11 is 0. The molecule has 0 saturated carbocycles. The molecule has 1 N–H and O–H groups in total. The van der Waals surface area contributed by atoms with Crippen LogP contribution in [0.5, 0.6) is 0 Å². The fraction of sp³-hybridized carbons (Fsp3) is 0.250. The summed E-state index contributed by atoms with van der Waals surface area (Å²) in [5.41, 5.74) is 1.66. The second-order valence-corrected chi connectivity index (χ2v) is 9.43. The highest BCUT2D eigenvalue weighted by atomic mass is 32.2. The fourth-order valence-corrected chi connectivity index (χ4v) is 4.84. The molecule has 0 bridgehead atoms. The average Bonchev–Trinajstić information content (AvgIpc) is 2.53. The first kappa shape index (κ1) is 17.7. The van der Waals surface area contributed by atoms with Gasteiger partial charge in [0.2, 0.25) is 10.0 Å². The van der Waals surface area contributed by atoms with E-state index in [9.17, 15) is 21.2 Å². The van der Waals surface area contributed by atoms with Crippen molar-refractivity contribution in [3.63, 3.8) is 0 Å². The third kappa shape index (κ3) is 3.77. The van der Waals surface area contributed by atoms with Crippen molar-refractivity contribution in [2.75, 3.05) is 21.8 Å². The van der Waals surface area contributed by atoms with Gasteiger partial charge in [-0.2, -0.15) is 0 Å². The zero-order valence-electron chi connectivity index (χ0n) is 13.4. The second-order valence-electron chi connectivity index (χ2n) is 5.84. The number of anilines is 2. The van der Waals surface area contributed by atoms with Crippen LogP contribution < -0.4 is 9.03 Å². The van der Waals surface area contributed by atoms with E-state index in [1.165, 1.54) is 22.5 Å². The molecule has 1 heterocycles. The van der Waals surface area contributed by atoms with Gasteiger partial charge in [0.15, 0.2) is 0 Å². The Morgan fingerprint density at radius 2 is 1.72 bits per heavy atom. The molecule has 2 aromatic carbocycles. The summed E-state index contributed by atoms with van der Waals surface area (Å²) in [6, 6.07) is 9.26. The number of hydrogen-bond acceptors (Lipinski definition) is 4. The zero-order chi connectivity index (χ0) is 18.2. The van der Waals surface area contributed by atoms with Crippen LogP contribution in [0.15, 0.2) is 47.4 Å². The molecule has 0 aromatic heterocycles. The Morgan fingerprint density at radius 3 is 2.36 bits per heavy atom. The van der Waals surface area contributed by atoms with Crippen LogP contribution in [0.25, 0.3) is 0 Å². The van der Waals surface area contributed by atoms with E-state index in [2.05, 4.69) is 4.72 Å². The smallest absolute Gasteiger partial charge is 0.261 e. The lowest BCUT2D eigenvalue weighted by molar-refractivity contribution is 0.592. The number of halogens is 1. The van der Waals surface area contributed by atoms with Crippen molar-refractivity contribution in [3.8, 4) is 0 Å². The molecule has 0 radical (unpaired) electrons. The van der Waals surface area contributed by atoms with Gasteiger partial charge in [-0.05, 0) is 60.9 Å². The lowest BCUT2D eigenvalue weighted by Crippen LogP contribution is -2.34. The minimum Gasteiger partial charge on any atom is -0.280 e. The Balaban J connectivity index is 1.91. The van der Waals surface area contributed by atoms with E-state index in [4.69, 9.17) is 0 Å². The average molecular weight is 384 g/mol. The van der Waals surface area contributed by atoms with Crippen molar-refractivity contribution in [1.29, 1.82) is 0 Å². The maximum atomic E-state index is 13.0. The van der Waals surface area contributed by atoms with E-state index in [1.807, 2.05) is 0 Å². The van der Waals surface area contributed by atoms with Crippen molar-refractivity contribution < 1.29 is 21.2 Å². The summed E-state index contributed by atoms with van der Waals surface area (Å²) in [5, 5.41) is 0. The molecule has 0 spiro atoms. The highest BCUT2D eigenvalue weighted by Gasteiger charge is 2.24. The predicted octanol–water partition coefficient (Wildman–Crippen LogP) is 2.34. The molecule has 25 heavy (non-hydrogen) atoms. The summed E-state index contributed by atoms with van der Waals surface area (Å²) < 4.78 is 65.2. The molecule has 0 aliphatic carbocycles. The van der Waals surface area contributed by atoms with E-state index in [0.29, 0.717) is 30.8 Å². The van der Waals surface area contributed by atoms with Crippen LogP contribution in [0.3, 0.4) is 0 Å². The summed E-state index contributed by atoms with van der Waals surface area (Å²) in [6.07, 6.45) is 2.47. The monoisotopic (exact) mass is 384 g/mol. The summed E-state index contributed by atoms with van der Waals surface area (Å²) in [5.74, 6) is -0.520. The quantitative estimate of drug-likeness (QED) is 0.877. The van der Waals surface area contributed by atoms with Gasteiger partial charge in [-0.25, -0.2) is 21.2 Å². The number of nitrogens with zero attached hydrogens (tertiary/aromatic N) is 1. The van der Waals surface area contributed by atoms with Crippen molar-refractivity contribution >= 4 is 31.4 Å². The Bertz CT molecular complexity index is 1000. The van der Waals surface area contributed by atoms with Gasteiger partial charge in [0.25, 0.3) is 10.0 Å². The Kier molecular flexibility index (Phi) is 4.46. The molecule has 6 nitrogen and oxygen atoms in total. The first-order chi connectivity index (χ1) is 11.7. The first-order valence-corrected chi connectivity index (χ1v) is 10.9. The maximum absolute atomic E-state index is 13.0. The normalized spacial score (nSPS) is 14.9. The number of nitrogens with one attached hydrogen (secondary N) is 1. The third-order valence-corrected chi connectivity index (χ3v) is 6.51. The molecular weight excluding hydrogens is 367 g/mol. The summed E-state index contributed by atoms with van der Waals surface area (Å²) in [4.78, 5) is -0.0515. The van der Waals surface area contributed by atoms with Gasteiger partial charge in [0.05, 0.1) is 16.8 Å². The van der Waals surface area contributed by atoms with Crippen LogP contribution >= 0.6 is 0 Å². The molecular formula is C16H17FN2O4S2. The number of aryl methyl sites for hydroxylation is 1. The number of benzene rings is 2. The first-order valence-electron chi connectivity index (χ1n) is 7.56. The summed E-state index contributed by atoms with van der Waals surface area (Å²) in [7, 11) is -7.22. The van der Waals surface area contributed by atoms with Gasteiger partial charge in [-0.1, -0.05) is 0 Å². The standard InChI is InChI=1S/C16H17FN2O4S2/c1-24(20,21)19-10-2-3-12-11-14(6-9-16(12)19)18-25(22,23)15-7-4-13(17)5-8-15/h4-9,11,18H,2-3,10H2,1H3. The van der Waals surface area contributed by atoms with Gasteiger partial charge in [-0.15, -0.1) is 0 Å². The van der Waals surface area contributed by atoms with E-state index in [0.717, 1.165) is 24.0 Å². The fourth-order valence-electron chi connectivity index (χ4n) is 2.80. The minimum atomic E-state index is -3.85. The van der Waals surface area contributed by atoms with Gasteiger partial charge in [0, 0.05) is 12.2 Å². The largest absolute Gasteiger partial charge is 0.280 e. The highest BCUT2D eigenvalue weighted by Crippen LogP contribution is 2.32. The van der Waals surface area contributed by atoms with Crippen LogP contribution in [0.1, 0.15) is 12.0 Å². The van der Waals surface area contributed by atoms with Crippen LogP contribution in [0.4, 0.5) is 15.8 Å². The van der Waals surface area contributed by atoms with E-state index in [1.54, 1.807) is 12.1 Å². The van der Waals surface area contributed by atoms with Crippen molar-refractivity contribution in [2.45, 2.75) is 17.7 Å². The molecule has 134 valence electrons. The Labute approximate surface area is 146 Å². The number of sulfonamides is 2. The molecule has 1 aliphatic heterocycles.